The fourth-order valence-electron chi connectivity index (χ4n) is 20.0. The van der Waals surface area contributed by atoms with E-state index in [2.05, 4.69) is 406 Å². The van der Waals surface area contributed by atoms with Crippen molar-refractivity contribution in [3.63, 3.8) is 0 Å². The van der Waals surface area contributed by atoms with E-state index in [0.717, 1.165) is 79.2 Å². The molecule has 22 aromatic carbocycles. The molecule has 592 valence electrons. The normalized spacial score (nSPS) is 11.7. The second kappa shape index (κ2) is 31.8. The van der Waals surface area contributed by atoms with Crippen LogP contribution in [0.1, 0.15) is 0 Å². The second-order valence-corrected chi connectivity index (χ2v) is 34.9. The Morgan fingerprint density at radius 3 is 0.833 bits per heavy atom. The molecule has 0 aliphatic heterocycles. The van der Waals surface area contributed by atoms with Gasteiger partial charge in [-0.05, 0) is 258 Å². The molecule has 2 aliphatic carbocycles. The Hall–Kier alpha value is -14.3. The van der Waals surface area contributed by atoms with Crippen molar-refractivity contribution in [1.82, 2.24) is 0 Å². The van der Waals surface area contributed by atoms with Crippen molar-refractivity contribution in [2.75, 3.05) is 0 Å². The number of benzene rings is 22. The summed E-state index contributed by atoms with van der Waals surface area (Å²) in [6.45, 7) is 0. The fourth-order valence-corrected chi connectivity index (χ4v) is 21.4. The lowest BCUT2D eigenvalue weighted by Gasteiger charge is -2.20. The molecule has 0 radical (unpaired) electrons. The number of hydrogen-bond donors (Lipinski definition) is 2. The van der Waals surface area contributed by atoms with Crippen LogP contribution in [0.4, 0.5) is 0 Å². The van der Waals surface area contributed by atoms with Crippen LogP contribution in [0, 0.1) is 0 Å². The van der Waals surface area contributed by atoms with Crippen molar-refractivity contribution in [1.29, 1.82) is 0 Å². The maximum Gasteiger partial charge on any atom is 0.489 e. The van der Waals surface area contributed by atoms with Crippen molar-refractivity contribution >= 4 is 180 Å². The highest BCUT2D eigenvalue weighted by atomic mass is 79.9. The Morgan fingerprint density at radius 2 is 0.429 bits per heavy atom. The molecule has 26 rings (SSSR count). The van der Waals surface area contributed by atoms with Crippen LogP contribution in [-0.4, -0.2) is 17.2 Å². The lowest BCUT2D eigenvalue weighted by Crippen LogP contribution is -2.30. The van der Waals surface area contributed by atoms with Gasteiger partial charge in [-0.25, -0.2) is 0 Å². The molecular weight excluding hydrogens is 1730 g/mol. The number of hydrogen-bond acceptors (Lipinski definition) is 4. The summed E-state index contributed by atoms with van der Waals surface area (Å²) in [4.78, 5) is 0. The first-order valence-electron chi connectivity index (χ1n) is 42.4. The van der Waals surface area contributed by atoms with Gasteiger partial charge < -0.3 is 18.9 Å². The molecule has 0 amide bonds. The third kappa shape index (κ3) is 12.8. The van der Waals surface area contributed by atoms with E-state index in [1.807, 2.05) is 66.7 Å². The van der Waals surface area contributed by atoms with Gasteiger partial charge in [0.1, 0.15) is 22.3 Å². The highest BCUT2D eigenvalue weighted by Crippen LogP contribution is 2.61. The van der Waals surface area contributed by atoms with Crippen LogP contribution in [0.3, 0.4) is 0 Å². The van der Waals surface area contributed by atoms with Crippen LogP contribution in [0.15, 0.2) is 447 Å². The van der Waals surface area contributed by atoms with Gasteiger partial charge in [0.25, 0.3) is 0 Å². The van der Waals surface area contributed by atoms with Crippen molar-refractivity contribution in [3.8, 4) is 122 Å². The fraction of sp³-hybridized carbons (Fsp3) is 0. The van der Waals surface area contributed by atoms with Crippen molar-refractivity contribution in [2.24, 2.45) is 0 Å². The van der Waals surface area contributed by atoms with E-state index in [9.17, 15) is 10.0 Å². The van der Waals surface area contributed by atoms with E-state index < -0.39 is 7.12 Å². The third-order valence-corrected chi connectivity index (χ3v) is 27.5. The molecule has 0 atom stereocenters. The van der Waals surface area contributed by atoms with Crippen LogP contribution < -0.4 is 5.46 Å². The van der Waals surface area contributed by atoms with E-state index in [-0.39, 0.29) is 0 Å². The molecular formula is C118H72BBr3O4. The van der Waals surface area contributed by atoms with Crippen LogP contribution >= 0.6 is 47.8 Å². The van der Waals surface area contributed by atoms with Gasteiger partial charge in [0.2, 0.25) is 0 Å². The van der Waals surface area contributed by atoms with Gasteiger partial charge in [-0.15, -0.1) is 0 Å². The maximum absolute atomic E-state index is 10.1. The highest BCUT2D eigenvalue weighted by Gasteiger charge is 2.35. The summed E-state index contributed by atoms with van der Waals surface area (Å²) in [7, 11) is -1.52. The summed E-state index contributed by atoms with van der Waals surface area (Å²) in [6, 6.07) is 151. The molecule has 8 heteroatoms. The zero-order valence-corrected chi connectivity index (χ0v) is 72.6. The Morgan fingerprint density at radius 1 is 0.167 bits per heavy atom. The molecule has 24 aromatic rings. The minimum atomic E-state index is -1.52. The minimum absolute atomic E-state index is 0.533. The molecule has 4 nitrogen and oxygen atoms in total. The number of halogens is 3. The molecule has 2 aliphatic rings. The summed E-state index contributed by atoms with van der Waals surface area (Å²) < 4.78 is 15.5. The first kappa shape index (κ1) is 76.6. The van der Waals surface area contributed by atoms with Crippen molar-refractivity contribution < 1.29 is 18.9 Å². The van der Waals surface area contributed by atoms with Gasteiger partial charge in [-0.3, -0.25) is 0 Å². The average Bonchev–Trinajstić information content (AvgIpc) is 1.54. The predicted octanol–water partition coefficient (Wildman–Crippen LogP) is 33.5. The summed E-state index contributed by atoms with van der Waals surface area (Å²) in [6.07, 6.45) is 0. The summed E-state index contributed by atoms with van der Waals surface area (Å²) in [5.41, 5.74) is 31.4. The Balaban J connectivity index is 0.000000109. The van der Waals surface area contributed by atoms with Crippen LogP contribution in [0.2, 0.25) is 0 Å². The SMILES string of the molecule is Brc1ccc(-c2ccc3oc4ccccc4c3c2)c2ccccc12.Brc1ccc(Br)c2ccccc12.OB(O)c1ccc2c3c(cccc13)-c1c-2c(-c2ccccc2)c2ccccc2c1-c1ccccc1.c1ccc(-c2c3c(c(-c4ccccc4)c4ccccc24)-c2ccc(-c4ccc(-c5ccc6oc7ccccc7c6c5)c5ccccc45)c4cccc-3c24)cc1. The molecule has 0 spiro atoms. The molecule has 2 heterocycles. The van der Waals surface area contributed by atoms with Gasteiger partial charge in [0, 0.05) is 35.0 Å². The van der Waals surface area contributed by atoms with Crippen LogP contribution in [-0.2, 0) is 0 Å². The number of furan rings is 2. The summed E-state index contributed by atoms with van der Waals surface area (Å²) >= 11 is 10.7. The molecule has 0 saturated heterocycles. The van der Waals surface area contributed by atoms with Gasteiger partial charge in [0.05, 0.1) is 0 Å². The lowest BCUT2D eigenvalue weighted by molar-refractivity contribution is 0.426. The van der Waals surface area contributed by atoms with Crippen LogP contribution in [0.5, 0.6) is 0 Å². The van der Waals surface area contributed by atoms with E-state index in [1.54, 1.807) is 0 Å². The number of rotatable bonds is 8. The first-order chi connectivity index (χ1) is 62.1. The smallest absolute Gasteiger partial charge is 0.456 e. The van der Waals surface area contributed by atoms with Crippen LogP contribution in [0.25, 0.3) is 242 Å². The minimum Gasteiger partial charge on any atom is -0.456 e. The molecule has 0 saturated carbocycles. The van der Waals surface area contributed by atoms with Crippen molar-refractivity contribution in [3.05, 3.63) is 438 Å². The topological polar surface area (TPSA) is 66.7 Å². The monoisotopic (exact) mass is 1800 g/mol. The highest BCUT2D eigenvalue weighted by molar-refractivity contribution is 9.11. The zero-order chi connectivity index (χ0) is 84.2. The van der Waals surface area contributed by atoms with E-state index in [4.69, 9.17) is 8.83 Å². The standard InChI is InChI=1S/C54H32O.C32H21BO2.C22H13BrO.C10H6Br2/c1-3-14-33(15-4-1)50-43-21-9-10-22-44(43)51(34-16-5-2-6-17-34)54-46-30-29-40(42-23-13-24-45(52(42)46)53(50)54)39-28-27-36(37-18-7-8-19-38(37)39)35-26-31-49-47(32-35)41-20-11-12-25-48(41)55-49;34-33(35)27-19-18-26-30-24(27)16-9-17-25(30)31-28(20-10-3-1-4-11-20)22-14-7-8-15-23(22)29(32(26)31)21-12-5-2-6-13-21;23-20-11-10-15(16-5-1-2-6-17(16)20)14-9-12-22-19(13-14)18-7-3-4-8-21(18)24-22;11-9-5-6-10(12)8-4-2-1-3-7(8)9/h1-32H;1-19,34-35H;1-13H;1-6H. The molecule has 2 aromatic heterocycles. The number of para-hydroxylation sites is 2. The zero-order valence-electron chi connectivity index (χ0n) is 67.8. The van der Waals surface area contributed by atoms with E-state index in [1.165, 1.54) is 176 Å². The maximum atomic E-state index is 10.1. The predicted molar refractivity (Wildman–Crippen MR) is 543 cm³/mol. The second-order valence-electron chi connectivity index (χ2n) is 32.3. The summed E-state index contributed by atoms with van der Waals surface area (Å²) in [5.74, 6) is 0. The molecule has 0 unspecified atom stereocenters. The van der Waals surface area contributed by atoms with Gasteiger partial charge in [0.15, 0.2) is 0 Å². The lowest BCUT2D eigenvalue weighted by atomic mass is 9.76. The van der Waals surface area contributed by atoms with Crippen molar-refractivity contribution in [2.45, 2.75) is 0 Å². The Labute approximate surface area is 752 Å². The Bertz CT molecular complexity index is 8310. The van der Waals surface area contributed by atoms with E-state index >= 15 is 0 Å². The quantitative estimate of drug-likeness (QED) is 0.149. The first-order valence-corrected chi connectivity index (χ1v) is 44.8. The van der Waals surface area contributed by atoms with E-state index in [0.29, 0.717) is 5.46 Å². The molecule has 126 heavy (non-hydrogen) atoms. The average molecular weight is 1800 g/mol. The molecule has 0 fully saturated rings. The summed E-state index contributed by atoms with van der Waals surface area (Å²) in [5, 5.41) is 41.8. The van der Waals surface area contributed by atoms with Gasteiger partial charge in [-0.1, -0.05) is 418 Å². The third-order valence-electron chi connectivity index (χ3n) is 25.4. The van der Waals surface area contributed by atoms with Gasteiger partial charge >= 0.3 is 7.12 Å². The largest absolute Gasteiger partial charge is 0.489 e. The Kier molecular flexibility index (Phi) is 19.3. The van der Waals surface area contributed by atoms with Gasteiger partial charge in [-0.2, -0.15) is 0 Å². The number of fused-ring (bicyclic) bond motifs is 17. The molecule has 2 N–H and O–H groups in total. The molecule has 0 bridgehead atoms.